The standard InChI is InChI=1S/C12H15FN4O2S/c1-8(9-4-3-5-10(13)6-9)16-20(18,19)11-7-17(2)15-12(11)14/h3-8,16H,1-2H3,(H2,14,15). The summed E-state index contributed by atoms with van der Waals surface area (Å²) >= 11 is 0. The highest BCUT2D eigenvalue weighted by Gasteiger charge is 2.23. The number of nitrogens with one attached hydrogen (secondary N) is 1. The van der Waals surface area contributed by atoms with Gasteiger partial charge in [0.15, 0.2) is 5.82 Å². The van der Waals surface area contributed by atoms with E-state index in [4.69, 9.17) is 5.73 Å². The molecule has 1 unspecified atom stereocenters. The fourth-order valence-electron chi connectivity index (χ4n) is 1.83. The molecule has 0 amide bonds. The van der Waals surface area contributed by atoms with Gasteiger partial charge in [-0.15, -0.1) is 0 Å². The van der Waals surface area contributed by atoms with Gasteiger partial charge in [0, 0.05) is 19.3 Å². The molecular formula is C12H15FN4O2S. The molecule has 20 heavy (non-hydrogen) atoms. The number of aromatic nitrogens is 2. The number of hydrogen-bond acceptors (Lipinski definition) is 4. The molecule has 0 aliphatic carbocycles. The number of anilines is 1. The van der Waals surface area contributed by atoms with Gasteiger partial charge in [-0.05, 0) is 24.6 Å². The van der Waals surface area contributed by atoms with E-state index in [0.29, 0.717) is 5.56 Å². The van der Waals surface area contributed by atoms with Crippen molar-refractivity contribution < 1.29 is 12.8 Å². The minimum Gasteiger partial charge on any atom is -0.381 e. The highest BCUT2D eigenvalue weighted by molar-refractivity contribution is 7.89. The van der Waals surface area contributed by atoms with Gasteiger partial charge in [0.25, 0.3) is 0 Å². The number of benzene rings is 1. The van der Waals surface area contributed by atoms with Gasteiger partial charge in [-0.25, -0.2) is 17.5 Å². The smallest absolute Gasteiger partial charge is 0.246 e. The van der Waals surface area contributed by atoms with Crippen LogP contribution in [0, 0.1) is 5.82 Å². The maximum Gasteiger partial charge on any atom is 0.246 e. The Hall–Kier alpha value is -1.93. The summed E-state index contributed by atoms with van der Waals surface area (Å²) in [5, 5.41) is 3.79. The fraction of sp³-hybridized carbons (Fsp3) is 0.250. The SMILES string of the molecule is CC(NS(=O)(=O)c1cn(C)nc1N)c1cccc(F)c1. The van der Waals surface area contributed by atoms with Gasteiger partial charge in [0.2, 0.25) is 10.0 Å². The summed E-state index contributed by atoms with van der Waals surface area (Å²) in [7, 11) is -2.24. The Morgan fingerprint density at radius 1 is 1.45 bits per heavy atom. The van der Waals surface area contributed by atoms with Gasteiger partial charge in [-0.3, -0.25) is 4.68 Å². The minimum atomic E-state index is -3.81. The molecule has 0 saturated heterocycles. The Morgan fingerprint density at radius 3 is 2.70 bits per heavy atom. The first-order chi connectivity index (χ1) is 9.29. The van der Waals surface area contributed by atoms with Gasteiger partial charge in [-0.2, -0.15) is 5.10 Å². The van der Waals surface area contributed by atoms with E-state index in [1.165, 1.54) is 29.1 Å². The normalized spacial score (nSPS) is 13.3. The lowest BCUT2D eigenvalue weighted by Crippen LogP contribution is -2.27. The van der Waals surface area contributed by atoms with Crippen LogP contribution in [0.2, 0.25) is 0 Å². The van der Waals surface area contributed by atoms with Gasteiger partial charge < -0.3 is 5.73 Å². The van der Waals surface area contributed by atoms with Crippen molar-refractivity contribution in [2.45, 2.75) is 17.9 Å². The van der Waals surface area contributed by atoms with E-state index >= 15 is 0 Å². The molecule has 1 atom stereocenters. The van der Waals surface area contributed by atoms with Crippen LogP contribution >= 0.6 is 0 Å². The third-order valence-electron chi connectivity index (χ3n) is 2.79. The van der Waals surface area contributed by atoms with Gasteiger partial charge in [-0.1, -0.05) is 12.1 Å². The van der Waals surface area contributed by atoms with Crippen molar-refractivity contribution >= 4 is 15.8 Å². The van der Waals surface area contributed by atoms with Crippen LogP contribution in [0.4, 0.5) is 10.2 Å². The third kappa shape index (κ3) is 2.97. The summed E-state index contributed by atoms with van der Waals surface area (Å²) in [6.07, 6.45) is 1.32. The number of nitrogens with zero attached hydrogens (tertiary/aromatic N) is 2. The van der Waals surface area contributed by atoms with E-state index in [1.807, 2.05) is 0 Å². The van der Waals surface area contributed by atoms with Gasteiger partial charge in [0.05, 0.1) is 0 Å². The first-order valence-corrected chi connectivity index (χ1v) is 7.35. The van der Waals surface area contributed by atoms with Crippen molar-refractivity contribution in [2.75, 3.05) is 5.73 Å². The molecule has 1 aromatic carbocycles. The second kappa shape index (κ2) is 5.22. The molecule has 1 aromatic heterocycles. The van der Waals surface area contributed by atoms with Crippen molar-refractivity contribution in [3.8, 4) is 0 Å². The molecule has 0 aliphatic heterocycles. The summed E-state index contributed by atoms with van der Waals surface area (Å²) in [6.45, 7) is 1.62. The largest absolute Gasteiger partial charge is 0.381 e. The summed E-state index contributed by atoms with van der Waals surface area (Å²) in [5.74, 6) is -0.499. The quantitative estimate of drug-likeness (QED) is 0.887. The van der Waals surface area contributed by atoms with Crippen LogP contribution in [0.1, 0.15) is 18.5 Å². The molecule has 0 radical (unpaired) electrons. The molecule has 0 aliphatic rings. The number of rotatable bonds is 4. The van der Waals surface area contributed by atoms with Crippen LogP contribution in [0.15, 0.2) is 35.4 Å². The Morgan fingerprint density at radius 2 is 2.15 bits per heavy atom. The third-order valence-corrected chi connectivity index (χ3v) is 4.35. The van der Waals surface area contributed by atoms with E-state index in [-0.39, 0.29) is 10.7 Å². The molecule has 8 heteroatoms. The number of aryl methyl sites for hydroxylation is 1. The minimum absolute atomic E-state index is 0.0774. The highest BCUT2D eigenvalue weighted by Crippen LogP contribution is 2.20. The Labute approximate surface area is 116 Å². The summed E-state index contributed by atoms with van der Waals surface area (Å²) in [4.78, 5) is -0.0942. The van der Waals surface area contributed by atoms with Crippen molar-refractivity contribution in [3.63, 3.8) is 0 Å². The Bertz CT molecular complexity index is 727. The zero-order valence-electron chi connectivity index (χ0n) is 11.0. The van der Waals surface area contributed by atoms with E-state index in [0.717, 1.165) is 0 Å². The predicted octanol–water partition coefficient (Wildman–Crippen LogP) is 1.18. The second-order valence-corrected chi connectivity index (χ2v) is 6.13. The number of sulfonamides is 1. The molecule has 2 rings (SSSR count). The summed E-state index contributed by atoms with van der Waals surface area (Å²) < 4.78 is 41.3. The molecule has 0 bridgehead atoms. The van der Waals surface area contributed by atoms with Crippen molar-refractivity contribution in [2.24, 2.45) is 7.05 Å². The molecule has 1 heterocycles. The Kier molecular flexibility index (Phi) is 3.78. The van der Waals surface area contributed by atoms with E-state index in [9.17, 15) is 12.8 Å². The number of halogens is 1. The van der Waals surface area contributed by atoms with Crippen molar-refractivity contribution in [1.82, 2.24) is 14.5 Å². The van der Waals surface area contributed by atoms with Crippen LogP contribution in [0.3, 0.4) is 0 Å². The molecule has 0 saturated carbocycles. The van der Waals surface area contributed by atoms with E-state index in [1.54, 1.807) is 20.0 Å². The lowest BCUT2D eigenvalue weighted by atomic mass is 10.1. The van der Waals surface area contributed by atoms with Crippen LogP contribution in [0.25, 0.3) is 0 Å². The van der Waals surface area contributed by atoms with E-state index in [2.05, 4.69) is 9.82 Å². The molecule has 0 spiro atoms. The van der Waals surface area contributed by atoms with Crippen molar-refractivity contribution in [1.29, 1.82) is 0 Å². The highest BCUT2D eigenvalue weighted by atomic mass is 32.2. The fourth-order valence-corrected chi connectivity index (χ4v) is 3.17. The molecule has 6 nitrogen and oxygen atoms in total. The first-order valence-electron chi connectivity index (χ1n) is 5.86. The first kappa shape index (κ1) is 14.5. The average Bonchev–Trinajstić information content (AvgIpc) is 2.69. The predicted molar refractivity (Wildman–Crippen MR) is 72.8 cm³/mol. The van der Waals surface area contributed by atoms with Crippen molar-refractivity contribution in [3.05, 3.63) is 41.8 Å². The molecule has 2 aromatic rings. The topological polar surface area (TPSA) is 90.0 Å². The molecule has 108 valence electrons. The zero-order valence-corrected chi connectivity index (χ0v) is 11.9. The molecule has 0 fully saturated rings. The lowest BCUT2D eigenvalue weighted by molar-refractivity contribution is 0.564. The van der Waals surface area contributed by atoms with Crippen LogP contribution in [-0.2, 0) is 17.1 Å². The van der Waals surface area contributed by atoms with Crippen LogP contribution < -0.4 is 10.5 Å². The van der Waals surface area contributed by atoms with Gasteiger partial charge >= 0.3 is 0 Å². The monoisotopic (exact) mass is 298 g/mol. The van der Waals surface area contributed by atoms with E-state index < -0.39 is 21.9 Å². The Balaban J connectivity index is 2.27. The zero-order chi connectivity index (χ0) is 14.9. The summed E-state index contributed by atoms with van der Waals surface area (Å²) in [6, 6.07) is 5.15. The van der Waals surface area contributed by atoms with Gasteiger partial charge in [0.1, 0.15) is 10.7 Å². The summed E-state index contributed by atoms with van der Waals surface area (Å²) in [5.41, 5.74) is 6.08. The molecule has 3 N–H and O–H groups in total. The van der Waals surface area contributed by atoms with Crippen LogP contribution in [0.5, 0.6) is 0 Å². The molecular weight excluding hydrogens is 283 g/mol. The average molecular weight is 298 g/mol. The number of nitrogen functional groups attached to an aromatic ring is 1. The maximum absolute atomic E-state index is 13.1. The lowest BCUT2D eigenvalue weighted by Gasteiger charge is -2.14. The maximum atomic E-state index is 13.1. The van der Waals surface area contributed by atoms with Crippen LogP contribution in [-0.4, -0.2) is 18.2 Å². The number of hydrogen-bond donors (Lipinski definition) is 2. The second-order valence-electron chi connectivity index (χ2n) is 4.45. The number of nitrogens with two attached hydrogens (primary N) is 1.